The van der Waals surface area contributed by atoms with E-state index in [9.17, 15) is 13.2 Å². The van der Waals surface area contributed by atoms with Gasteiger partial charge in [0.1, 0.15) is 5.01 Å². The number of hydrogen-bond acceptors (Lipinski definition) is 6. The smallest absolute Gasteiger partial charge is 0.357 e. The van der Waals surface area contributed by atoms with E-state index in [0.717, 1.165) is 11.8 Å². The first kappa shape index (κ1) is 14.7. The minimum absolute atomic E-state index is 0.253. The molecule has 0 radical (unpaired) electrons. The van der Waals surface area contributed by atoms with Gasteiger partial charge in [0.15, 0.2) is 15.5 Å². The third kappa shape index (κ3) is 3.23. The van der Waals surface area contributed by atoms with Crippen LogP contribution in [0, 0.1) is 0 Å². The van der Waals surface area contributed by atoms with Crippen LogP contribution >= 0.6 is 11.3 Å². The standard InChI is InChI=1S/C13H13NO4S2/c1-3-18-13(15)11-8-19-12(14-11)9-4-6-10(7-5-9)20(2,16)17/h4-8H,3H2,1-2H3. The lowest BCUT2D eigenvalue weighted by atomic mass is 10.2. The Hall–Kier alpha value is -1.73. The molecule has 0 saturated carbocycles. The van der Waals surface area contributed by atoms with E-state index in [1.54, 1.807) is 24.4 Å². The first-order chi connectivity index (χ1) is 9.41. The van der Waals surface area contributed by atoms with Crippen molar-refractivity contribution in [1.29, 1.82) is 0 Å². The molecular weight excluding hydrogens is 298 g/mol. The Morgan fingerprint density at radius 2 is 1.95 bits per heavy atom. The van der Waals surface area contributed by atoms with E-state index in [4.69, 9.17) is 4.74 Å². The highest BCUT2D eigenvalue weighted by molar-refractivity contribution is 7.90. The van der Waals surface area contributed by atoms with Crippen LogP contribution in [0.3, 0.4) is 0 Å². The summed E-state index contributed by atoms with van der Waals surface area (Å²) in [5.74, 6) is -0.456. The Bertz CT molecular complexity index is 717. The van der Waals surface area contributed by atoms with Crippen LogP contribution in [0.2, 0.25) is 0 Å². The van der Waals surface area contributed by atoms with E-state index in [2.05, 4.69) is 4.98 Å². The van der Waals surface area contributed by atoms with Crippen LogP contribution in [-0.4, -0.2) is 32.2 Å². The minimum atomic E-state index is -3.21. The van der Waals surface area contributed by atoms with Gasteiger partial charge in [-0.3, -0.25) is 0 Å². The van der Waals surface area contributed by atoms with Gasteiger partial charge in [-0.1, -0.05) is 12.1 Å². The number of hydrogen-bond donors (Lipinski definition) is 0. The molecule has 0 saturated heterocycles. The van der Waals surface area contributed by atoms with Gasteiger partial charge in [-0.2, -0.15) is 0 Å². The zero-order chi connectivity index (χ0) is 14.8. The average molecular weight is 311 g/mol. The van der Waals surface area contributed by atoms with Gasteiger partial charge in [0.05, 0.1) is 11.5 Å². The van der Waals surface area contributed by atoms with Gasteiger partial charge in [-0.25, -0.2) is 18.2 Å². The molecule has 20 heavy (non-hydrogen) atoms. The third-order valence-electron chi connectivity index (χ3n) is 2.52. The molecule has 0 aliphatic heterocycles. The Morgan fingerprint density at radius 3 is 2.50 bits per heavy atom. The number of nitrogens with zero attached hydrogens (tertiary/aromatic N) is 1. The molecule has 0 spiro atoms. The summed E-state index contributed by atoms with van der Waals surface area (Å²) in [4.78, 5) is 16.0. The van der Waals surface area contributed by atoms with Crippen LogP contribution in [0.5, 0.6) is 0 Å². The molecule has 0 aliphatic rings. The highest BCUT2D eigenvalue weighted by atomic mass is 32.2. The zero-order valence-corrected chi connectivity index (χ0v) is 12.6. The predicted octanol–water partition coefficient (Wildman–Crippen LogP) is 2.39. The van der Waals surface area contributed by atoms with Crippen LogP contribution in [0.1, 0.15) is 17.4 Å². The molecule has 0 unspecified atom stereocenters. The summed E-state index contributed by atoms with van der Waals surface area (Å²) < 4.78 is 27.6. The lowest BCUT2D eigenvalue weighted by molar-refractivity contribution is 0.0520. The molecule has 2 rings (SSSR count). The maximum absolute atomic E-state index is 11.5. The first-order valence-electron chi connectivity index (χ1n) is 5.85. The molecule has 0 bridgehead atoms. The summed E-state index contributed by atoms with van der Waals surface area (Å²) >= 11 is 1.31. The van der Waals surface area contributed by atoms with Gasteiger partial charge in [0.2, 0.25) is 0 Å². The van der Waals surface area contributed by atoms with Crippen LogP contribution in [0.4, 0.5) is 0 Å². The summed E-state index contributed by atoms with van der Waals surface area (Å²) in [7, 11) is -3.21. The zero-order valence-electron chi connectivity index (χ0n) is 11.0. The number of sulfone groups is 1. The highest BCUT2D eigenvalue weighted by Gasteiger charge is 2.13. The van der Waals surface area contributed by atoms with Crippen LogP contribution in [0.15, 0.2) is 34.5 Å². The fraction of sp³-hybridized carbons (Fsp3) is 0.231. The van der Waals surface area contributed by atoms with Gasteiger partial charge in [-0.15, -0.1) is 11.3 Å². The van der Waals surface area contributed by atoms with E-state index < -0.39 is 15.8 Å². The molecule has 0 aliphatic carbocycles. The molecule has 1 aromatic heterocycles. The number of aromatic nitrogens is 1. The average Bonchev–Trinajstić information content (AvgIpc) is 2.88. The van der Waals surface area contributed by atoms with Crippen molar-refractivity contribution in [3.63, 3.8) is 0 Å². The molecule has 106 valence electrons. The maximum atomic E-state index is 11.5. The van der Waals surface area contributed by atoms with E-state index >= 15 is 0 Å². The normalized spacial score (nSPS) is 11.3. The number of carbonyl (C=O) groups is 1. The molecule has 0 amide bonds. The fourth-order valence-corrected chi connectivity index (χ4v) is 2.98. The van der Waals surface area contributed by atoms with E-state index in [1.807, 2.05) is 0 Å². The Kier molecular flexibility index (Phi) is 4.20. The van der Waals surface area contributed by atoms with E-state index in [0.29, 0.717) is 11.6 Å². The molecule has 0 fully saturated rings. The van der Waals surface area contributed by atoms with Gasteiger partial charge in [-0.05, 0) is 19.1 Å². The number of benzene rings is 1. The SMILES string of the molecule is CCOC(=O)c1csc(-c2ccc(S(C)(=O)=O)cc2)n1. The topological polar surface area (TPSA) is 73.3 Å². The van der Waals surface area contributed by atoms with Crippen LogP contribution < -0.4 is 0 Å². The molecule has 2 aromatic rings. The minimum Gasteiger partial charge on any atom is -0.461 e. The maximum Gasteiger partial charge on any atom is 0.357 e. The quantitative estimate of drug-likeness (QED) is 0.811. The number of thiazole rings is 1. The van der Waals surface area contributed by atoms with Gasteiger partial charge in [0.25, 0.3) is 0 Å². The number of carbonyl (C=O) groups excluding carboxylic acids is 1. The highest BCUT2D eigenvalue weighted by Crippen LogP contribution is 2.25. The summed E-state index contributed by atoms with van der Waals surface area (Å²) in [6, 6.07) is 6.39. The van der Waals surface area contributed by atoms with Crippen molar-refractivity contribution < 1.29 is 17.9 Å². The van der Waals surface area contributed by atoms with Gasteiger partial charge >= 0.3 is 5.97 Å². The summed E-state index contributed by atoms with van der Waals surface area (Å²) in [6.45, 7) is 2.03. The largest absolute Gasteiger partial charge is 0.461 e. The molecule has 7 heteroatoms. The third-order valence-corrected chi connectivity index (χ3v) is 4.54. The van der Waals surface area contributed by atoms with Crippen molar-refractivity contribution in [3.8, 4) is 10.6 Å². The number of rotatable bonds is 4. The van der Waals surface area contributed by atoms with Crippen LogP contribution in [-0.2, 0) is 14.6 Å². The molecule has 1 aromatic carbocycles. The van der Waals surface area contributed by atoms with Crippen LogP contribution in [0.25, 0.3) is 10.6 Å². The predicted molar refractivity (Wildman–Crippen MR) is 76.6 cm³/mol. The van der Waals surface area contributed by atoms with Crippen molar-refractivity contribution in [1.82, 2.24) is 4.98 Å². The van der Waals surface area contributed by atoms with Crippen molar-refractivity contribution in [2.45, 2.75) is 11.8 Å². The summed E-state index contributed by atoms with van der Waals surface area (Å²) in [5, 5.41) is 2.27. The molecular formula is C13H13NO4S2. The van der Waals surface area contributed by atoms with Crippen molar-refractivity contribution in [2.24, 2.45) is 0 Å². The van der Waals surface area contributed by atoms with Crippen molar-refractivity contribution in [2.75, 3.05) is 12.9 Å². The first-order valence-corrected chi connectivity index (χ1v) is 8.62. The Morgan fingerprint density at radius 1 is 1.30 bits per heavy atom. The molecule has 5 nitrogen and oxygen atoms in total. The second-order valence-electron chi connectivity index (χ2n) is 4.05. The second kappa shape index (κ2) is 5.72. The molecule has 0 atom stereocenters. The number of esters is 1. The lowest BCUT2D eigenvalue weighted by Gasteiger charge is -2.00. The second-order valence-corrected chi connectivity index (χ2v) is 6.93. The van der Waals surface area contributed by atoms with Crippen molar-refractivity contribution >= 4 is 27.1 Å². The van der Waals surface area contributed by atoms with Gasteiger partial charge in [0, 0.05) is 17.2 Å². The Labute approximate surface area is 121 Å². The monoisotopic (exact) mass is 311 g/mol. The lowest BCUT2D eigenvalue weighted by Crippen LogP contribution is -2.04. The molecule has 0 N–H and O–H groups in total. The summed E-state index contributed by atoms with van der Waals surface area (Å²) in [5.41, 5.74) is 1.02. The number of ether oxygens (including phenoxy) is 1. The Balaban J connectivity index is 2.27. The van der Waals surface area contributed by atoms with Crippen molar-refractivity contribution in [3.05, 3.63) is 35.3 Å². The van der Waals surface area contributed by atoms with E-state index in [-0.39, 0.29) is 10.6 Å². The fourth-order valence-electron chi connectivity index (χ4n) is 1.55. The molecule has 1 heterocycles. The summed E-state index contributed by atoms with van der Waals surface area (Å²) in [6.07, 6.45) is 1.16. The van der Waals surface area contributed by atoms with E-state index in [1.165, 1.54) is 23.5 Å². The van der Waals surface area contributed by atoms with Gasteiger partial charge < -0.3 is 4.74 Å².